The number of halogens is 4. The van der Waals surface area contributed by atoms with Crippen LogP contribution in [-0.2, 0) is 33.9 Å². The van der Waals surface area contributed by atoms with Gasteiger partial charge in [0.15, 0.2) is 5.69 Å². The lowest BCUT2D eigenvalue weighted by molar-refractivity contribution is 0.0488. The Morgan fingerprint density at radius 2 is 1.21 bits per heavy atom. The van der Waals surface area contributed by atoms with E-state index in [-0.39, 0.29) is 36.8 Å². The summed E-state index contributed by atoms with van der Waals surface area (Å²) in [7, 11) is 0. The SMILES string of the molecule is CC(C)(C)OC(=O)N[C@@H]1CCCN(c2nc(I)c(C(=O)Nc3ccc4c(c3)C(=O)OC4)n2Cc2ccccc2Cl)C1.CC(C)(C)OC(=O)N[C@@H]1CCCN(c2nc(I)c(C(=O)O)n2Cc2ccccc2Cl)C1. The fraction of sp³-hybridized carbons (Fsp3) is 0.420. The predicted molar refractivity (Wildman–Crippen MR) is 291 cm³/mol. The Bertz CT molecular complexity index is 2840. The van der Waals surface area contributed by atoms with Gasteiger partial charge < -0.3 is 49.6 Å². The summed E-state index contributed by atoms with van der Waals surface area (Å²) in [5.41, 5.74) is 2.67. The molecule has 8 rings (SSSR count). The van der Waals surface area contributed by atoms with Gasteiger partial charge in [-0.3, -0.25) is 9.36 Å². The second kappa shape index (κ2) is 23.3. The zero-order chi connectivity index (χ0) is 52.1. The number of carboxylic acid groups (broad SMARTS) is 1. The molecular weight excluding hydrogens is 1200 g/mol. The van der Waals surface area contributed by atoms with E-state index in [1.54, 1.807) is 28.8 Å². The maximum absolute atomic E-state index is 13.7. The number of anilines is 3. The summed E-state index contributed by atoms with van der Waals surface area (Å²) in [5.74, 6) is -0.663. The number of carboxylic acids is 1. The topological polar surface area (TPSA) is 211 Å². The summed E-state index contributed by atoms with van der Waals surface area (Å²) in [6.45, 7) is 14.2. The summed E-state index contributed by atoms with van der Waals surface area (Å²) >= 11 is 16.9. The number of ether oxygens (including phenoxy) is 3. The molecule has 2 aromatic heterocycles. The van der Waals surface area contributed by atoms with Gasteiger partial charge in [-0.05, 0) is 148 Å². The molecule has 0 bridgehead atoms. The molecular formula is C50H57Cl2I2N9O9. The molecule has 72 heavy (non-hydrogen) atoms. The van der Waals surface area contributed by atoms with Crippen molar-refractivity contribution in [2.24, 2.45) is 0 Å². The molecule has 2 atom stereocenters. The third-order valence-corrected chi connectivity index (χ3v) is 13.8. The van der Waals surface area contributed by atoms with Gasteiger partial charge in [-0.2, -0.15) is 0 Å². The van der Waals surface area contributed by atoms with E-state index in [0.29, 0.717) is 79.0 Å². The molecule has 3 aromatic carbocycles. The predicted octanol–water partition coefficient (Wildman–Crippen LogP) is 9.99. The maximum Gasteiger partial charge on any atom is 0.407 e. The van der Waals surface area contributed by atoms with Gasteiger partial charge in [0.25, 0.3) is 5.91 Å². The van der Waals surface area contributed by atoms with Crippen molar-refractivity contribution in [2.45, 2.75) is 110 Å². The van der Waals surface area contributed by atoms with E-state index in [1.165, 1.54) is 0 Å². The van der Waals surface area contributed by atoms with E-state index in [0.717, 1.165) is 42.4 Å². The van der Waals surface area contributed by atoms with Crippen LogP contribution in [0.2, 0.25) is 10.0 Å². The van der Waals surface area contributed by atoms with Gasteiger partial charge in [0.05, 0.1) is 18.7 Å². The number of nitrogens with zero attached hydrogens (tertiary/aromatic N) is 6. The van der Waals surface area contributed by atoms with Gasteiger partial charge in [0, 0.05) is 59.6 Å². The number of nitrogens with one attached hydrogen (secondary N) is 3. The summed E-state index contributed by atoms with van der Waals surface area (Å²) in [4.78, 5) is 75.9. The van der Waals surface area contributed by atoms with E-state index in [1.807, 2.05) is 116 Å². The van der Waals surface area contributed by atoms with Crippen molar-refractivity contribution in [3.8, 4) is 0 Å². The van der Waals surface area contributed by atoms with Crippen LogP contribution in [0.3, 0.4) is 0 Å². The Balaban J connectivity index is 0.000000220. The van der Waals surface area contributed by atoms with Gasteiger partial charge in [0.1, 0.15) is 30.9 Å². The van der Waals surface area contributed by atoms with Crippen LogP contribution in [-0.4, -0.2) is 104 Å². The minimum absolute atomic E-state index is 0.123. The van der Waals surface area contributed by atoms with Gasteiger partial charge >= 0.3 is 24.1 Å². The van der Waals surface area contributed by atoms with Crippen molar-refractivity contribution in [3.63, 3.8) is 0 Å². The molecule has 22 heteroatoms. The van der Waals surface area contributed by atoms with Crippen LogP contribution in [0.15, 0.2) is 66.7 Å². The molecule has 2 saturated heterocycles. The molecule has 5 heterocycles. The number of carbonyl (C=O) groups is 5. The molecule has 3 amide bonds. The summed E-state index contributed by atoms with van der Waals surface area (Å²) in [6.07, 6.45) is 2.34. The lowest BCUT2D eigenvalue weighted by Gasteiger charge is -2.34. The Hall–Kier alpha value is -5.33. The number of rotatable bonds is 11. The highest BCUT2D eigenvalue weighted by molar-refractivity contribution is 14.1. The van der Waals surface area contributed by atoms with Crippen LogP contribution in [0.4, 0.5) is 27.2 Å². The highest BCUT2D eigenvalue weighted by atomic mass is 127. The van der Waals surface area contributed by atoms with Crippen molar-refractivity contribution < 1.29 is 43.3 Å². The number of alkyl carbamates (subject to hydrolysis) is 2. The first-order valence-electron chi connectivity index (χ1n) is 23.4. The van der Waals surface area contributed by atoms with Crippen LogP contribution in [0.5, 0.6) is 0 Å². The van der Waals surface area contributed by atoms with E-state index in [9.17, 15) is 29.1 Å². The van der Waals surface area contributed by atoms with Gasteiger partial charge in [0.2, 0.25) is 11.9 Å². The molecule has 0 unspecified atom stereocenters. The number of hydrogen-bond donors (Lipinski definition) is 4. The first-order valence-corrected chi connectivity index (χ1v) is 26.3. The van der Waals surface area contributed by atoms with Crippen molar-refractivity contribution in [1.82, 2.24) is 29.7 Å². The Kier molecular flexibility index (Phi) is 17.6. The van der Waals surface area contributed by atoms with Crippen LogP contribution in [0.1, 0.15) is 115 Å². The number of aromatic carboxylic acids is 1. The third-order valence-electron chi connectivity index (χ3n) is 11.6. The fourth-order valence-corrected chi connectivity index (χ4v) is 10.4. The molecule has 0 aliphatic carbocycles. The number of fused-ring (bicyclic) bond motifs is 1. The van der Waals surface area contributed by atoms with E-state index in [4.69, 9.17) is 42.4 Å². The standard InChI is InChI=1S/C29H31ClIN5O5.C21H26ClIN4O4/c1-29(2,3)41-28(39)33-20-8-6-12-35(15-20)27-34-24(31)23(36(27)14-17-7-4-5-9-22(17)30)25(37)32-19-11-10-18-16-40-26(38)21(18)13-19;1-21(2,3)31-20(30)24-14-8-6-10-26(12-14)19-25-17(23)16(18(28)29)27(19)11-13-7-4-5-9-15(13)22/h4-5,7,9-11,13,20H,6,8,12,14-16H2,1-3H3,(H,32,37)(H,33,39);4-5,7,9,14H,6,8,10-12H2,1-3H3,(H,24,30)(H,28,29)/t20-;14-/m11/s1. The fourth-order valence-electron chi connectivity index (χ4n) is 8.50. The Morgan fingerprint density at radius 3 is 1.68 bits per heavy atom. The van der Waals surface area contributed by atoms with Crippen LogP contribution < -0.4 is 25.8 Å². The minimum atomic E-state index is -1.05. The summed E-state index contributed by atoms with van der Waals surface area (Å²) in [5, 5.41) is 19.8. The minimum Gasteiger partial charge on any atom is -0.476 e. The molecule has 0 radical (unpaired) electrons. The summed E-state index contributed by atoms with van der Waals surface area (Å²) in [6, 6.07) is 19.7. The molecule has 0 saturated carbocycles. The van der Waals surface area contributed by atoms with Crippen molar-refractivity contribution >= 4 is 116 Å². The number of esters is 1. The molecule has 3 aliphatic rings. The number of imidazole rings is 2. The largest absolute Gasteiger partial charge is 0.476 e. The van der Waals surface area contributed by atoms with Crippen LogP contribution in [0, 0.1) is 7.40 Å². The zero-order valence-corrected chi connectivity index (χ0v) is 46.5. The number of carbonyl (C=O) groups excluding carboxylic acids is 4. The van der Waals surface area contributed by atoms with E-state index < -0.39 is 35.3 Å². The van der Waals surface area contributed by atoms with Crippen LogP contribution in [0.25, 0.3) is 0 Å². The van der Waals surface area contributed by atoms with E-state index >= 15 is 0 Å². The first kappa shape index (κ1) is 54.4. The molecule has 0 spiro atoms. The third kappa shape index (κ3) is 14.0. The number of aromatic nitrogens is 4. The quantitative estimate of drug-likeness (QED) is 0.0552. The molecule has 5 aromatic rings. The smallest absolute Gasteiger partial charge is 0.407 e. The highest BCUT2D eigenvalue weighted by Gasteiger charge is 2.33. The maximum atomic E-state index is 13.7. The monoisotopic (exact) mass is 1250 g/mol. The number of cyclic esters (lactones) is 1. The molecule has 3 aliphatic heterocycles. The van der Waals surface area contributed by atoms with Crippen LogP contribution >= 0.6 is 68.4 Å². The van der Waals surface area contributed by atoms with Gasteiger partial charge in [-0.15, -0.1) is 0 Å². The van der Waals surface area contributed by atoms with Crippen molar-refractivity contribution in [2.75, 3.05) is 41.3 Å². The highest BCUT2D eigenvalue weighted by Crippen LogP contribution is 2.31. The van der Waals surface area contributed by atoms with Crippen molar-refractivity contribution in [3.05, 3.63) is 118 Å². The molecule has 384 valence electrons. The zero-order valence-electron chi connectivity index (χ0n) is 40.7. The van der Waals surface area contributed by atoms with Gasteiger partial charge in [-0.1, -0.05) is 65.7 Å². The lowest BCUT2D eigenvalue weighted by Crippen LogP contribution is -2.49. The molecule has 2 fully saturated rings. The molecule has 4 N–H and O–H groups in total. The Labute approximate surface area is 455 Å². The number of hydrogen-bond acceptors (Lipinski definition) is 12. The number of benzene rings is 3. The second-order valence-electron chi connectivity index (χ2n) is 19.5. The van der Waals surface area contributed by atoms with Gasteiger partial charge in [-0.25, -0.2) is 29.1 Å². The average Bonchev–Trinajstić information content (AvgIpc) is 3.95. The lowest BCUT2D eigenvalue weighted by atomic mass is 10.1. The van der Waals surface area contributed by atoms with Crippen molar-refractivity contribution in [1.29, 1.82) is 0 Å². The second-order valence-corrected chi connectivity index (χ2v) is 22.4. The summed E-state index contributed by atoms with van der Waals surface area (Å²) < 4.78 is 20.4. The first-order chi connectivity index (χ1) is 34.0. The Morgan fingerprint density at radius 1 is 0.736 bits per heavy atom. The normalized spacial score (nSPS) is 16.7. The average molecular weight is 1250 g/mol. The number of piperidine rings is 2. The number of amides is 3. The van der Waals surface area contributed by atoms with E-state index in [2.05, 4.69) is 48.4 Å². The molecule has 18 nitrogen and oxygen atoms in total.